The van der Waals surface area contributed by atoms with Crippen molar-refractivity contribution in [3.63, 3.8) is 0 Å². The number of guanidine groups is 1. The molecule has 0 aliphatic heterocycles. The number of aromatic nitrogens is 3. The van der Waals surface area contributed by atoms with Gasteiger partial charge >= 0.3 is 0 Å². The number of hydrogen-bond acceptors (Lipinski definition) is 5. The lowest BCUT2D eigenvalue weighted by molar-refractivity contribution is 0.794. The third-order valence-corrected chi connectivity index (χ3v) is 5.44. The first-order chi connectivity index (χ1) is 11.8. The van der Waals surface area contributed by atoms with Crippen LogP contribution in [0, 0.1) is 0 Å². The van der Waals surface area contributed by atoms with Crippen molar-refractivity contribution >= 4 is 57.6 Å². The van der Waals surface area contributed by atoms with E-state index in [1.165, 1.54) is 9.88 Å². The van der Waals surface area contributed by atoms with Crippen LogP contribution in [0.2, 0.25) is 0 Å². The molecule has 136 valence electrons. The molecule has 25 heavy (non-hydrogen) atoms. The lowest BCUT2D eigenvalue weighted by atomic mass is 10.4. The van der Waals surface area contributed by atoms with E-state index in [9.17, 15) is 0 Å². The normalized spacial score (nSPS) is 11.5. The summed E-state index contributed by atoms with van der Waals surface area (Å²) < 4.78 is 2.03. The molecule has 0 atom stereocenters. The van der Waals surface area contributed by atoms with E-state index in [0.29, 0.717) is 6.54 Å². The Bertz CT molecular complexity index is 778. The summed E-state index contributed by atoms with van der Waals surface area (Å²) in [5.41, 5.74) is 0.978. The Kier molecular flexibility index (Phi) is 8.10. The van der Waals surface area contributed by atoms with E-state index in [2.05, 4.69) is 39.4 Å². The summed E-state index contributed by atoms with van der Waals surface area (Å²) in [4.78, 5) is 16.0. The number of aryl methyl sites for hydroxylation is 1. The number of thiazole rings is 2. The molecule has 3 heterocycles. The molecule has 3 aromatic rings. The highest BCUT2D eigenvalue weighted by atomic mass is 127. The molecule has 0 aliphatic rings. The van der Waals surface area contributed by atoms with E-state index in [0.717, 1.165) is 42.5 Å². The molecular formula is C16H23IN6S2. The third kappa shape index (κ3) is 5.65. The molecule has 0 aliphatic carbocycles. The molecule has 9 heteroatoms. The third-order valence-electron chi connectivity index (χ3n) is 3.47. The molecule has 0 radical (unpaired) electrons. The summed E-state index contributed by atoms with van der Waals surface area (Å²) >= 11 is 3.42. The first-order valence-corrected chi connectivity index (χ1v) is 9.85. The van der Waals surface area contributed by atoms with Gasteiger partial charge in [0, 0.05) is 48.4 Å². The van der Waals surface area contributed by atoms with Gasteiger partial charge in [-0.25, -0.2) is 15.0 Å². The Morgan fingerprint density at radius 1 is 1.32 bits per heavy atom. The number of rotatable bonds is 7. The molecule has 2 N–H and O–H groups in total. The molecule has 0 bridgehead atoms. The second-order valence-electron chi connectivity index (χ2n) is 5.27. The van der Waals surface area contributed by atoms with Gasteiger partial charge in [0.2, 0.25) is 0 Å². The fourth-order valence-electron chi connectivity index (χ4n) is 2.27. The Morgan fingerprint density at radius 3 is 2.92 bits per heavy atom. The van der Waals surface area contributed by atoms with Crippen molar-refractivity contribution < 1.29 is 0 Å². The number of aliphatic imine (C=N–C) groups is 1. The van der Waals surface area contributed by atoms with E-state index in [4.69, 9.17) is 0 Å². The molecule has 0 fully saturated rings. The largest absolute Gasteiger partial charge is 0.357 e. The number of halogens is 1. The Morgan fingerprint density at radius 2 is 2.20 bits per heavy atom. The molecule has 6 nitrogen and oxygen atoms in total. The predicted molar refractivity (Wildman–Crippen MR) is 116 cm³/mol. The van der Waals surface area contributed by atoms with Crippen molar-refractivity contribution in [1.82, 2.24) is 25.0 Å². The Hall–Kier alpha value is -1.20. The number of fused-ring (bicyclic) bond motifs is 1. The number of nitrogens with zero attached hydrogens (tertiary/aromatic N) is 4. The van der Waals surface area contributed by atoms with Crippen LogP contribution in [0.5, 0.6) is 0 Å². The fraction of sp³-hybridized carbons (Fsp3) is 0.438. The molecule has 0 aromatic carbocycles. The second kappa shape index (κ2) is 10.1. The van der Waals surface area contributed by atoms with Crippen molar-refractivity contribution in [2.24, 2.45) is 4.99 Å². The summed E-state index contributed by atoms with van der Waals surface area (Å²) in [6.45, 7) is 6.45. The van der Waals surface area contributed by atoms with E-state index in [1.54, 1.807) is 22.7 Å². The van der Waals surface area contributed by atoms with E-state index in [1.807, 2.05) is 28.4 Å². The van der Waals surface area contributed by atoms with Crippen LogP contribution in [0.1, 0.15) is 29.4 Å². The Labute approximate surface area is 172 Å². The number of nitrogens with one attached hydrogen (secondary N) is 2. The van der Waals surface area contributed by atoms with Crippen molar-refractivity contribution in [2.75, 3.05) is 13.1 Å². The molecular weight excluding hydrogens is 467 g/mol. The van der Waals surface area contributed by atoms with Crippen molar-refractivity contribution in [1.29, 1.82) is 0 Å². The van der Waals surface area contributed by atoms with Gasteiger partial charge in [0.15, 0.2) is 10.9 Å². The van der Waals surface area contributed by atoms with Gasteiger partial charge in [0.1, 0.15) is 0 Å². The van der Waals surface area contributed by atoms with Crippen molar-refractivity contribution in [3.8, 4) is 0 Å². The van der Waals surface area contributed by atoms with Crippen LogP contribution in [0.25, 0.3) is 4.96 Å². The number of imidazole rings is 1. The maximum absolute atomic E-state index is 4.62. The lowest BCUT2D eigenvalue weighted by Crippen LogP contribution is -2.38. The van der Waals surface area contributed by atoms with Gasteiger partial charge in [-0.05, 0) is 13.3 Å². The number of hydrogen-bond donors (Lipinski definition) is 2. The molecule has 0 unspecified atom stereocenters. The zero-order chi connectivity index (χ0) is 16.8. The highest BCUT2D eigenvalue weighted by Crippen LogP contribution is 2.13. The summed E-state index contributed by atoms with van der Waals surface area (Å²) in [6, 6.07) is 0. The smallest absolute Gasteiger partial charge is 0.193 e. The van der Waals surface area contributed by atoms with Gasteiger partial charge < -0.3 is 10.6 Å². The van der Waals surface area contributed by atoms with Crippen molar-refractivity contribution in [3.05, 3.63) is 39.5 Å². The van der Waals surface area contributed by atoms with Gasteiger partial charge in [-0.1, -0.05) is 6.92 Å². The van der Waals surface area contributed by atoms with Gasteiger partial charge in [-0.3, -0.25) is 4.40 Å². The minimum atomic E-state index is 0. The first-order valence-electron chi connectivity index (χ1n) is 8.15. The zero-order valence-electron chi connectivity index (χ0n) is 14.4. The fourth-order valence-corrected chi connectivity index (χ4v) is 3.85. The van der Waals surface area contributed by atoms with Crippen molar-refractivity contribution in [2.45, 2.75) is 33.2 Å². The average molecular weight is 490 g/mol. The molecule has 3 rings (SSSR count). The zero-order valence-corrected chi connectivity index (χ0v) is 18.3. The van der Waals surface area contributed by atoms with E-state index >= 15 is 0 Å². The van der Waals surface area contributed by atoms with E-state index < -0.39 is 0 Å². The maximum atomic E-state index is 4.62. The van der Waals surface area contributed by atoms with Gasteiger partial charge in [0.05, 0.1) is 17.2 Å². The van der Waals surface area contributed by atoms with Crippen LogP contribution in [0.4, 0.5) is 0 Å². The standard InChI is InChI=1S/C16H22N6S2.HI/c1-3-13-10-19-14(24-13)5-6-18-15(17-4-2)20-9-12-11-22-7-8-23-16(22)21-12;/h7-8,10-11H,3-6,9H2,1-2H3,(H2,17,18,20);1H. The van der Waals surface area contributed by atoms with Crippen LogP contribution in [-0.4, -0.2) is 33.4 Å². The van der Waals surface area contributed by atoms with Crippen LogP contribution in [0.3, 0.4) is 0 Å². The molecule has 0 spiro atoms. The monoisotopic (exact) mass is 490 g/mol. The highest BCUT2D eigenvalue weighted by molar-refractivity contribution is 14.0. The maximum Gasteiger partial charge on any atom is 0.193 e. The molecule has 0 amide bonds. The van der Waals surface area contributed by atoms with Gasteiger partial charge in [-0.15, -0.1) is 46.7 Å². The minimum Gasteiger partial charge on any atom is -0.357 e. The first kappa shape index (κ1) is 20.1. The minimum absolute atomic E-state index is 0. The lowest BCUT2D eigenvalue weighted by Gasteiger charge is -2.10. The summed E-state index contributed by atoms with van der Waals surface area (Å²) in [7, 11) is 0. The predicted octanol–water partition coefficient (Wildman–Crippen LogP) is 3.33. The molecule has 0 saturated carbocycles. The SMILES string of the molecule is CCNC(=NCc1cn2ccsc2n1)NCCc1ncc(CC)s1.I. The van der Waals surface area contributed by atoms with Gasteiger partial charge in [0.25, 0.3) is 0 Å². The van der Waals surface area contributed by atoms with Crippen LogP contribution in [-0.2, 0) is 19.4 Å². The summed E-state index contributed by atoms with van der Waals surface area (Å²) in [5.74, 6) is 0.820. The van der Waals surface area contributed by atoms with Gasteiger partial charge in [-0.2, -0.15) is 0 Å². The quantitative estimate of drug-likeness (QED) is 0.303. The second-order valence-corrected chi connectivity index (χ2v) is 7.34. The molecule has 3 aromatic heterocycles. The average Bonchev–Trinajstić information content (AvgIpc) is 3.28. The van der Waals surface area contributed by atoms with E-state index in [-0.39, 0.29) is 24.0 Å². The highest BCUT2D eigenvalue weighted by Gasteiger charge is 2.04. The molecule has 0 saturated heterocycles. The summed E-state index contributed by atoms with van der Waals surface area (Å²) in [5, 5.41) is 9.84. The summed E-state index contributed by atoms with van der Waals surface area (Å²) in [6.07, 6.45) is 7.99. The van der Waals surface area contributed by atoms with Crippen LogP contribution >= 0.6 is 46.7 Å². The van der Waals surface area contributed by atoms with Crippen LogP contribution < -0.4 is 10.6 Å². The van der Waals surface area contributed by atoms with Crippen LogP contribution in [0.15, 0.2) is 29.0 Å². The Balaban J connectivity index is 0.00000225. The topological polar surface area (TPSA) is 66.6 Å².